The second-order valence-corrected chi connectivity index (χ2v) is 7.15. The summed E-state index contributed by atoms with van der Waals surface area (Å²) in [6.45, 7) is 4.75. The number of hydrogen-bond acceptors (Lipinski definition) is 3. The molecule has 4 nitrogen and oxygen atoms in total. The van der Waals surface area contributed by atoms with E-state index in [1.807, 2.05) is 30.2 Å². The summed E-state index contributed by atoms with van der Waals surface area (Å²) < 4.78 is 2.24. The summed E-state index contributed by atoms with van der Waals surface area (Å²) in [4.78, 5) is 21.2. The standard InChI is InChI=1S/C15H17N3OS/c1-11-2-3-12(20-11)13(19)18-8-5-15(10-18)4-7-17-9-6-16-14(15)17/h2-3,6,9H,4-5,7-8,10H2,1H3/t15-/m0/s1. The monoisotopic (exact) mass is 287 g/mol. The quantitative estimate of drug-likeness (QED) is 0.808. The van der Waals surface area contributed by atoms with Gasteiger partial charge >= 0.3 is 0 Å². The third kappa shape index (κ3) is 1.66. The maximum Gasteiger partial charge on any atom is 0.263 e. The number of aryl methyl sites for hydroxylation is 2. The summed E-state index contributed by atoms with van der Waals surface area (Å²) in [5, 5.41) is 0. The van der Waals surface area contributed by atoms with Gasteiger partial charge in [0.05, 0.1) is 4.88 Å². The number of thiophene rings is 1. The first-order valence-corrected chi connectivity index (χ1v) is 7.87. The fraction of sp³-hybridized carbons (Fsp3) is 0.467. The second kappa shape index (κ2) is 4.19. The van der Waals surface area contributed by atoms with E-state index in [-0.39, 0.29) is 11.3 Å². The van der Waals surface area contributed by atoms with Gasteiger partial charge < -0.3 is 9.47 Å². The number of fused-ring (bicyclic) bond motifs is 2. The van der Waals surface area contributed by atoms with Crippen molar-refractivity contribution in [2.24, 2.45) is 0 Å². The Labute approximate surface area is 122 Å². The molecule has 0 unspecified atom stereocenters. The Morgan fingerprint density at radius 1 is 1.35 bits per heavy atom. The number of aromatic nitrogens is 2. The van der Waals surface area contributed by atoms with E-state index in [2.05, 4.69) is 15.7 Å². The van der Waals surface area contributed by atoms with E-state index >= 15 is 0 Å². The first-order chi connectivity index (χ1) is 9.68. The highest BCUT2D eigenvalue weighted by Crippen LogP contribution is 2.42. The van der Waals surface area contributed by atoms with Gasteiger partial charge in [-0.25, -0.2) is 4.98 Å². The van der Waals surface area contributed by atoms with Crippen LogP contribution in [0.25, 0.3) is 0 Å². The minimum Gasteiger partial charge on any atom is -0.337 e. The molecule has 20 heavy (non-hydrogen) atoms. The molecular formula is C15H17N3OS. The zero-order valence-electron chi connectivity index (χ0n) is 11.5. The Morgan fingerprint density at radius 2 is 2.20 bits per heavy atom. The summed E-state index contributed by atoms with van der Waals surface area (Å²) >= 11 is 1.59. The van der Waals surface area contributed by atoms with Gasteiger partial charge in [-0.2, -0.15) is 0 Å². The molecule has 2 aliphatic rings. The van der Waals surface area contributed by atoms with Gasteiger partial charge in [-0.15, -0.1) is 11.3 Å². The molecule has 0 aliphatic carbocycles. The topological polar surface area (TPSA) is 38.1 Å². The van der Waals surface area contributed by atoms with E-state index in [1.165, 1.54) is 10.7 Å². The van der Waals surface area contributed by atoms with Gasteiger partial charge in [0.1, 0.15) is 5.82 Å². The zero-order valence-corrected chi connectivity index (χ0v) is 12.3. The van der Waals surface area contributed by atoms with Gasteiger partial charge in [-0.1, -0.05) is 0 Å². The lowest BCUT2D eigenvalue weighted by atomic mass is 9.85. The fourth-order valence-electron chi connectivity index (χ4n) is 3.54. The number of carbonyl (C=O) groups excluding carboxylic acids is 1. The van der Waals surface area contributed by atoms with Crippen LogP contribution >= 0.6 is 11.3 Å². The minimum absolute atomic E-state index is 0.103. The Hall–Kier alpha value is -1.62. The summed E-state index contributed by atoms with van der Waals surface area (Å²) in [5.74, 6) is 1.36. The average molecular weight is 287 g/mol. The molecule has 104 valence electrons. The largest absolute Gasteiger partial charge is 0.337 e. The van der Waals surface area contributed by atoms with Crippen LogP contribution in [-0.4, -0.2) is 33.4 Å². The predicted molar refractivity (Wildman–Crippen MR) is 78.1 cm³/mol. The summed E-state index contributed by atoms with van der Waals surface area (Å²) in [6, 6.07) is 3.97. The number of amides is 1. The maximum atomic E-state index is 12.6. The van der Waals surface area contributed by atoms with Crippen molar-refractivity contribution in [2.45, 2.75) is 31.7 Å². The van der Waals surface area contributed by atoms with Gasteiger partial charge in [0, 0.05) is 42.3 Å². The van der Waals surface area contributed by atoms with Gasteiger partial charge in [0.2, 0.25) is 0 Å². The Kier molecular flexibility index (Phi) is 2.54. The van der Waals surface area contributed by atoms with E-state index in [0.717, 1.165) is 37.4 Å². The van der Waals surface area contributed by atoms with E-state index in [0.29, 0.717) is 0 Å². The Balaban J connectivity index is 1.58. The van der Waals surface area contributed by atoms with Crippen LogP contribution in [-0.2, 0) is 12.0 Å². The molecule has 0 radical (unpaired) electrons. The van der Waals surface area contributed by atoms with E-state index in [4.69, 9.17) is 0 Å². The highest BCUT2D eigenvalue weighted by molar-refractivity contribution is 7.13. The summed E-state index contributed by atoms with van der Waals surface area (Å²) in [5.41, 5.74) is 0.103. The van der Waals surface area contributed by atoms with E-state index in [9.17, 15) is 4.79 Å². The number of likely N-dealkylation sites (tertiary alicyclic amines) is 1. The lowest BCUT2D eigenvalue weighted by molar-refractivity contribution is 0.0788. The molecule has 2 aromatic heterocycles. The predicted octanol–water partition coefficient (Wildman–Crippen LogP) is 2.44. The van der Waals surface area contributed by atoms with Crippen LogP contribution in [0.15, 0.2) is 24.5 Å². The SMILES string of the molecule is Cc1ccc(C(=O)N2CC[C@@]3(CCn4ccnc43)C2)s1. The second-order valence-electron chi connectivity index (χ2n) is 5.86. The molecule has 4 rings (SSSR count). The first kappa shape index (κ1) is 12.1. The van der Waals surface area contributed by atoms with Crippen molar-refractivity contribution in [1.29, 1.82) is 0 Å². The molecule has 1 spiro atoms. The molecule has 2 aromatic rings. The Morgan fingerprint density at radius 3 is 3.00 bits per heavy atom. The van der Waals surface area contributed by atoms with Crippen molar-refractivity contribution in [2.75, 3.05) is 13.1 Å². The third-order valence-electron chi connectivity index (χ3n) is 4.61. The molecule has 1 saturated heterocycles. The summed E-state index contributed by atoms with van der Waals surface area (Å²) in [6.07, 6.45) is 6.09. The molecule has 1 amide bonds. The molecule has 1 atom stereocenters. The van der Waals surface area contributed by atoms with Crippen molar-refractivity contribution in [3.63, 3.8) is 0 Å². The molecule has 0 bridgehead atoms. The van der Waals surface area contributed by atoms with Crippen LogP contribution in [0.5, 0.6) is 0 Å². The molecule has 4 heterocycles. The van der Waals surface area contributed by atoms with Crippen LogP contribution < -0.4 is 0 Å². The number of carbonyl (C=O) groups is 1. The fourth-order valence-corrected chi connectivity index (χ4v) is 4.37. The van der Waals surface area contributed by atoms with Crippen LogP contribution in [0.3, 0.4) is 0 Å². The first-order valence-electron chi connectivity index (χ1n) is 7.05. The molecule has 0 aromatic carbocycles. The lowest BCUT2D eigenvalue weighted by Gasteiger charge is -2.22. The minimum atomic E-state index is 0.103. The summed E-state index contributed by atoms with van der Waals surface area (Å²) in [7, 11) is 0. The van der Waals surface area contributed by atoms with Crippen LogP contribution in [0.1, 0.15) is 33.2 Å². The molecule has 0 N–H and O–H groups in total. The van der Waals surface area contributed by atoms with Gasteiger partial charge in [-0.3, -0.25) is 4.79 Å². The van der Waals surface area contributed by atoms with E-state index < -0.39 is 0 Å². The van der Waals surface area contributed by atoms with Crippen LogP contribution in [0.4, 0.5) is 0 Å². The van der Waals surface area contributed by atoms with Crippen LogP contribution in [0.2, 0.25) is 0 Å². The third-order valence-corrected chi connectivity index (χ3v) is 5.60. The van der Waals surface area contributed by atoms with E-state index in [1.54, 1.807) is 11.3 Å². The highest BCUT2D eigenvalue weighted by atomic mass is 32.1. The molecule has 5 heteroatoms. The van der Waals surface area contributed by atoms with Crippen molar-refractivity contribution in [3.05, 3.63) is 40.1 Å². The average Bonchev–Trinajstić information content (AvgIpc) is 3.18. The van der Waals surface area contributed by atoms with Crippen molar-refractivity contribution in [3.8, 4) is 0 Å². The molecular weight excluding hydrogens is 270 g/mol. The number of nitrogens with zero attached hydrogens (tertiary/aromatic N) is 3. The number of hydrogen-bond donors (Lipinski definition) is 0. The highest BCUT2D eigenvalue weighted by Gasteiger charge is 2.47. The molecule has 2 aliphatic heterocycles. The zero-order chi connectivity index (χ0) is 13.7. The number of imidazole rings is 1. The molecule has 1 fully saturated rings. The normalized spacial score (nSPS) is 24.6. The van der Waals surface area contributed by atoms with Crippen molar-refractivity contribution < 1.29 is 4.79 Å². The maximum absolute atomic E-state index is 12.6. The van der Waals surface area contributed by atoms with Crippen LogP contribution in [0, 0.1) is 6.92 Å². The van der Waals surface area contributed by atoms with Crippen molar-refractivity contribution >= 4 is 17.2 Å². The van der Waals surface area contributed by atoms with Gasteiger partial charge in [0.25, 0.3) is 5.91 Å². The Bertz CT molecular complexity index is 674. The smallest absolute Gasteiger partial charge is 0.263 e. The van der Waals surface area contributed by atoms with Gasteiger partial charge in [0.15, 0.2) is 0 Å². The number of rotatable bonds is 1. The van der Waals surface area contributed by atoms with Crippen molar-refractivity contribution in [1.82, 2.24) is 14.5 Å². The molecule has 0 saturated carbocycles. The van der Waals surface area contributed by atoms with Gasteiger partial charge in [-0.05, 0) is 31.9 Å². The lowest BCUT2D eigenvalue weighted by Crippen LogP contribution is -2.33.